The van der Waals surface area contributed by atoms with Gasteiger partial charge in [-0.25, -0.2) is 45.6 Å². The Kier molecular flexibility index (Phi) is 13.5. The first-order valence-electron chi connectivity index (χ1n) is 18.0. The molecule has 18 heteroatoms. The van der Waals surface area contributed by atoms with Crippen molar-refractivity contribution in [1.82, 2.24) is 24.7 Å². The normalized spacial score (nSPS) is 11.3. The van der Waals surface area contributed by atoms with Gasteiger partial charge in [-0.15, -0.1) is 0 Å². The number of urea groups is 2. The Morgan fingerprint density at radius 3 is 1.54 bits per heavy atom. The van der Waals surface area contributed by atoms with Gasteiger partial charge in [-0.3, -0.25) is 14.7 Å². The summed E-state index contributed by atoms with van der Waals surface area (Å²) < 4.78 is 76.0. The quantitative estimate of drug-likeness (QED) is 0.0791. The van der Waals surface area contributed by atoms with Crippen molar-refractivity contribution in [2.75, 3.05) is 22.0 Å². The number of nitrogens with one attached hydrogen (secondary N) is 4. The number of pyridine rings is 2. The zero-order chi connectivity index (χ0) is 41.8. The molecule has 304 valence electrons. The number of anilines is 3. The van der Waals surface area contributed by atoms with Gasteiger partial charge in [-0.1, -0.05) is 24.3 Å². The molecule has 0 bridgehead atoms. The minimum absolute atomic E-state index is 0.0586. The third kappa shape index (κ3) is 11.6. The molecule has 6 rings (SSSR count). The Morgan fingerprint density at radius 2 is 1.08 bits per heavy atom. The summed E-state index contributed by atoms with van der Waals surface area (Å²) in [6.07, 6.45) is 6.21. The fraction of sp³-hybridized carbons (Fsp3) is 0.122. The molecule has 15 nitrogen and oxygen atoms in total. The highest BCUT2D eigenvalue weighted by Crippen LogP contribution is 2.23. The number of aromatic nitrogens is 2. The Morgan fingerprint density at radius 1 is 0.610 bits per heavy atom. The van der Waals surface area contributed by atoms with Gasteiger partial charge in [0.2, 0.25) is 10.0 Å². The van der Waals surface area contributed by atoms with Crippen LogP contribution in [0, 0.1) is 5.82 Å². The van der Waals surface area contributed by atoms with Crippen molar-refractivity contribution in [3.8, 4) is 5.75 Å². The average Bonchev–Trinajstić information content (AvgIpc) is 3.24. The summed E-state index contributed by atoms with van der Waals surface area (Å²) >= 11 is 0. The van der Waals surface area contributed by atoms with Crippen LogP contribution >= 0.6 is 0 Å². The number of carbonyl (C=O) groups excluding carboxylic acids is 2. The number of hydrogen-bond acceptors (Lipinski definition) is 9. The number of halogens is 1. The number of carbonyl (C=O) groups is 2. The van der Waals surface area contributed by atoms with E-state index in [1.165, 1.54) is 72.8 Å². The lowest BCUT2D eigenvalue weighted by atomic mass is 10.2. The van der Waals surface area contributed by atoms with Gasteiger partial charge >= 0.3 is 12.1 Å². The number of rotatable bonds is 15. The van der Waals surface area contributed by atoms with Crippen LogP contribution in [-0.4, -0.2) is 55.5 Å². The molecule has 59 heavy (non-hydrogen) atoms. The van der Waals surface area contributed by atoms with E-state index in [2.05, 4.69) is 30.0 Å². The lowest BCUT2D eigenvalue weighted by Gasteiger charge is -2.35. The molecule has 0 atom stereocenters. The molecule has 0 saturated heterocycles. The summed E-state index contributed by atoms with van der Waals surface area (Å²) in [5.41, 5.74) is 2.51. The largest absolute Gasteiger partial charge is 0.494 e. The minimum Gasteiger partial charge on any atom is -0.494 e. The lowest BCUT2D eigenvalue weighted by molar-refractivity contribution is 0.0466. The predicted octanol–water partition coefficient (Wildman–Crippen LogP) is 6.98. The molecule has 0 unspecified atom stereocenters. The fourth-order valence-electron chi connectivity index (χ4n) is 5.54. The molecule has 0 fully saturated rings. The Bertz CT molecular complexity index is 2550. The molecule has 0 aliphatic carbocycles. The van der Waals surface area contributed by atoms with E-state index in [0.717, 1.165) is 10.0 Å². The minimum atomic E-state index is -3.99. The first kappa shape index (κ1) is 41.7. The third-order valence-electron chi connectivity index (χ3n) is 8.50. The predicted molar refractivity (Wildman–Crippen MR) is 219 cm³/mol. The van der Waals surface area contributed by atoms with Gasteiger partial charge in [0.1, 0.15) is 11.6 Å². The van der Waals surface area contributed by atoms with Crippen LogP contribution in [0.3, 0.4) is 0 Å². The van der Waals surface area contributed by atoms with Crippen molar-refractivity contribution in [2.45, 2.75) is 36.3 Å². The van der Waals surface area contributed by atoms with Crippen molar-refractivity contribution < 1.29 is 35.6 Å². The molecule has 4 N–H and O–H groups in total. The Labute approximate surface area is 341 Å². The first-order valence-corrected chi connectivity index (χ1v) is 21.0. The second-order valence-corrected chi connectivity index (χ2v) is 16.2. The fourth-order valence-corrected chi connectivity index (χ4v) is 7.61. The van der Waals surface area contributed by atoms with Gasteiger partial charge in [0.25, 0.3) is 10.0 Å². The van der Waals surface area contributed by atoms with Gasteiger partial charge in [0.05, 0.1) is 29.5 Å². The van der Waals surface area contributed by atoms with Crippen LogP contribution in [0.4, 0.5) is 31.0 Å². The molecule has 0 aliphatic heterocycles. The number of sulfonamides is 2. The summed E-state index contributed by atoms with van der Waals surface area (Å²) in [6.45, 7) is 2.00. The highest BCUT2D eigenvalue weighted by Gasteiger charge is 2.28. The number of amides is 4. The third-order valence-corrected chi connectivity index (χ3v) is 11.3. The molecule has 2 heterocycles. The van der Waals surface area contributed by atoms with E-state index in [-0.39, 0.29) is 40.8 Å². The highest BCUT2D eigenvalue weighted by molar-refractivity contribution is 7.92. The number of hydrazine groups is 1. The van der Waals surface area contributed by atoms with E-state index >= 15 is 0 Å². The lowest BCUT2D eigenvalue weighted by Crippen LogP contribution is -2.52. The molecule has 0 radical (unpaired) electrons. The molecule has 0 saturated carbocycles. The topological polar surface area (TPSA) is 192 Å². The molecular weight excluding hydrogens is 800 g/mol. The highest BCUT2D eigenvalue weighted by atomic mass is 32.2. The van der Waals surface area contributed by atoms with E-state index in [4.69, 9.17) is 4.74 Å². The van der Waals surface area contributed by atoms with Gasteiger partial charge in [0, 0.05) is 48.4 Å². The Hall–Kier alpha value is -6.89. The van der Waals surface area contributed by atoms with E-state index in [1.54, 1.807) is 73.3 Å². The SMILES string of the molecule is CCOc1ccc(NS(=O)(=O)c2ccc(NC(=O)N(Cc3cccnc3)N(Cc3cccnc3)C(=O)Nc3ccc(S(=O)(=O)NCc4ccc(F)cc4)cc3)cc2)cc1. The zero-order valence-electron chi connectivity index (χ0n) is 31.5. The summed E-state index contributed by atoms with van der Waals surface area (Å²) in [6, 6.07) is 28.1. The van der Waals surface area contributed by atoms with Crippen molar-refractivity contribution in [3.05, 3.63) is 169 Å². The van der Waals surface area contributed by atoms with Gasteiger partial charge < -0.3 is 15.4 Å². The van der Waals surface area contributed by atoms with Gasteiger partial charge in [0.15, 0.2) is 0 Å². The second kappa shape index (κ2) is 19.0. The maximum Gasteiger partial charge on any atom is 0.341 e. The van der Waals surface area contributed by atoms with Crippen molar-refractivity contribution in [2.24, 2.45) is 0 Å². The van der Waals surface area contributed by atoms with Crippen LogP contribution < -0.4 is 24.8 Å². The molecule has 4 amide bonds. The van der Waals surface area contributed by atoms with Crippen molar-refractivity contribution in [1.29, 1.82) is 0 Å². The summed E-state index contributed by atoms with van der Waals surface area (Å²) in [7, 11) is -7.96. The standard InChI is InChI=1S/C41H39FN8O7S2/c1-2-57-37-17-11-36(12-18-37)48-59(55,56)39-21-15-35(16-22-39)47-41(52)50(29-32-6-4-24-44-26-32)49(28-31-5-3-23-43-25-31)40(51)46-34-13-19-38(20-14-34)58(53,54)45-27-30-7-9-33(42)10-8-30/h3-26,45,48H,2,27-29H2,1H3,(H,46,51)(H,47,52). The number of hydrogen-bond donors (Lipinski definition) is 4. The monoisotopic (exact) mass is 838 g/mol. The van der Waals surface area contributed by atoms with Crippen LogP contribution in [0.1, 0.15) is 23.6 Å². The zero-order valence-corrected chi connectivity index (χ0v) is 33.2. The number of ether oxygens (including phenoxy) is 1. The van der Waals surface area contributed by atoms with Gasteiger partial charge in [-0.05, 0) is 121 Å². The molecule has 4 aromatic carbocycles. The summed E-state index contributed by atoms with van der Waals surface area (Å²) in [4.78, 5) is 36.5. The van der Waals surface area contributed by atoms with E-state index in [0.29, 0.717) is 34.7 Å². The van der Waals surface area contributed by atoms with E-state index in [1.807, 2.05) is 6.92 Å². The molecule has 2 aromatic heterocycles. The second-order valence-electron chi connectivity index (χ2n) is 12.8. The summed E-state index contributed by atoms with van der Waals surface area (Å²) in [5, 5.41) is 7.82. The van der Waals surface area contributed by atoms with E-state index < -0.39 is 37.9 Å². The molecule has 6 aromatic rings. The maximum absolute atomic E-state index is 14.2. The first-order chi connectivity index (χ1) is 28.4. The van der Waals surface area contributed by atoms with Crippen molar-refractivity contribution in [3.63, 3.8) is 0 Å². The molecule has 0 aliphatic rings. The average molecular weight is 839 g/mol. The van der Waals surface area contributed by atoms with Crippen LogP contribution in [0.15, 0.2) is 156 Å². The number of benzene rings is 4. The summed E-state index contributed by atoms with van der Waals surface area (Å²) in [5.74, 6) is 0.158. The molecular formula is C41H39FN8O7S2. The maximum atomic E-state index is 14.2. The van der Waals surface area contributed by atoms with Crippen LogP contribution in [0.2, 0.25) is 0 Å². The molecule has 0 spiro atoms. The van der Waals surface area contributed by atoms with Crippen molar-refractivity contribution >= 4 is 49.2 Å². The van der Waals surface area contributed by atoms with Gasteiger partial charge in [-0.2, -0.15) is 0 Å². The smallest absolute Gasteiger partial charge is 0.341 e. The van der Waals surface area contributed by atoms with Crippen LogP contribution in [0.25, 0.3) is 0 Å². The van der Waals surface area contributed by atoms with Crippen LogP contribution in [0.5, 0.6) is 5.75 Å². The van der Waals surface area contributed by atoms with E-state index in [9.17, 15) is 30.8 Å². The Balaban J connectivity index is 1.21. The van der Waals surface area contributed by atoms with Crippen LogP contribution in [-0.2, 0) is 39.7 Å². The number of nitrogens with zero attached hydrogens (tertiary/aromatic N) is 4.